The van der Waals surface area contributed by atoms with Crippen LogP contribution in [0.5, 0.6) is 0 Å². The van der Waals surface area contributed by atoms with Crippen LogP contribution in [0.2, 0.25) is 5.02 Å². The van der Waals surface area contributed by atoms with Crippen LogP contribution in [0.3, 0.4) is 0 Å². The van der Waals surface area contributed by atoms with Crippen molar-refractivity contribution in [3.63, 3.8) is 0 Å². The summed E-state index contributed by atoms with van der Waals surface area (Å²) >= 11 is 6.04. The summed E-state index contributed by atoms with van der Waals surface area (Å²) < 4.78 is 13.0. The zero-order chi connectivity index (χ0) is 13.8. The normalized spacial score (nSPS) is 23.6. The molecule has 0 aromatic heterocycles. The lowest BCUT2D eigenvalue weighted by Gasteiger charge is -2.28. The Bertz CT molecular complexity index is 458. The van der Waals surface area contributed by atoms with E-state index in [1.165, 1.54) is 25.0 Å². The topological polar surface area (TPSA) is 17.1 Å². The molecule has 1 aliphatic carbocycles. The van der Waals surface area contributed by atoms with Gasteiger partial charge in [-0.15, -0.1) is 0 Å². The summed E-state index contributed by atoms with van der Waals surface area (Å²) in [6.45, 7) is 2.18. The van der Waals surface area contributed by atoms with Gasteiger partial charge in [-0.05, 0) is 42.9 Å². The molecule has 1 aromatic carbocycles. The van der Waals surface area contributed by atoms with Crippen LogP contribution in [0, 0.1) is 17.7 Å². The Kier molecular flexibility index (Phi) is 4.98. The van der Waals surface area contributed by atoms with Gasteiger partial charge in [0.15, 0.2) is 0 Å². The van der Waals surface area contributed by atoms with Crippen LogP contribution in [0.1, 0.15) is 44.6 Å². The molecule has 0 bridgehead atoms. The minimum absolute atomic E-state index is 0.0632. The molecule has 104 valence electrons. The van der Waals surface area contributed by atoms with Crippen molar-refractivity contribution in [2.24, 2.45) is 11.8 Å². The van der Waals surface area contributed by atoms with Gasteiger partial charge in [0.25, 0.3) is 0 Å². The monoisotopic (exact) mass is 282 g/mol. The molecule has 0 saturated heterocycles. The van der Waals surface area contributed by atoms with Crippen molar-refractivity contribution in [1.29, 1.82) is 0 Å². The first-order valence-corrected chi connectivity index (χ1v) is 7.44. The summed E-state index contributed by atoms with van der Waals surface area (Å²) in [4.78, 5) is 12.0. The van der Waals surface area contributed by atoms with Gasteiger partial charge in [-0.2, -0.15) is 0 Å². The molecule has 1 aromatic rings. The van der Waals surface area contributed by atoms with Crippen LogP contribution in [0.15, 0.2) is 18.2 Å². The molecule has 0 aliphatic heterocycles. The van der Waals surface area contributed by atoms with E-state index in [2.05, 4.69) is 6.92 Å². The molecule has 19 heavy (non-hydrogen) atoms. The third kappa shape index (κ3) is 3.79. The lowest BCUT2D eigenvalue weighted by atomic mass is 9.76. The fourth-order valence-corrected chi connectivity index (χ4v) is 3.27. The quantitative estimate of drug-likeness (QED) is 0.775. The molecule has 2 unspecified atom stereocenters. The summed E-state index contributed by atoms with van der Waals surface area (Å²) in [7, 11) is 0. The minimum atomic E-state index is -0.326. The van der Waals surface area contributed by atoms with Gasteiger partial charge in [0, 0.05) is 17.4 Å². The van der Waals surface area contributed by atoms with Gasteiger partial charge in [-0.1, -0.05) is 37.4 Å². The number of Topliss-reactive ketones (excluding diaryl/α,β-unsaturated/α-hetero) is 1. The van der Waals surface area contributed by atoms with E-state index in [1.54, 1.807) is 6.07 Å². The van der Waals surface area contributed by atoms with Gasteiger partial charge < -0.3 is 0 Å². The Labute approximate surface area is 119 Å². The van der Waals surface area contributed by atoms with E-state index in [0.29, 0.717) is 29.6 Å². The smallest absolute Gasteiger partial charge is 0.136 e. The maximum absolute atomic E-state index is 13.0. The second kappa shape index (κ2) is 6.51. The Balaban J connectivity index is 2.05. The Morgan fingerprint density at radius 2 is 2.21 bits per heavy atom. The number of hydrogen-bond donors (Lipinski definition) is 0. The van der Waals surface area contributed by atoms with Gasteiger partial charge >= 0.3 is 0 Å². The summed E-state index contributed by atoms with van der Waals surface area (Å²) in [6, 6.07) is 4.44. The fourth-order valence-electron chi connectivity index (χ4n) is 3.02. The molecule has 1 aliphatic rings. The number of carbonyl (C=O) groups is 1. The lowest BCUT2D eigenvalue weighted by Crippen LogP contribution is -2.26. The average molecular weight is 283 g/mol. The molecule has 0 spiro atoms. The van der Waals surface area contributed by atoms with E-state index in [9.17, 15) is 9.18 Å². The largest absolute Gasteiger partial charge is 0.299 e. The second-order valence-electron chi connectivity index (χ2n) is 5.53. The zero-order valence-electron chi connectivity index (χ0n) is 11.3. The van der Waals surface area contributed by atoms with Crippen LogP contribution in [0.25, 0.3) is 0 Å². The van der Waals surface area contributed by atoms with Crippen molar-refractivity contribution in [3.8, 4) is 0 Å². The number of benzene rings is 1. The number of carbonyl (C=O) groups excluding carboxylic acids is 1. The van der Waals surface area contributed by atoms with E-state index in [-0.39, 0.29) is 11.7 Å². The van der Waals surface area contributed by atoms with Gasteiger partial charge in [0.05, 0.1) is 0 Å². The van der Waals surface area contributed by atoms with Crippen molar-refractivity contribution < 1.29 is 9.18 Å². The number of hydrogen-bond acceptors (Lipinski definition) is 1. The second-order valence-corrected chi connectivity index (χ2v) is 5.94. The van der Waals surface area contributed by atoms with Crippen molar-refractivity contribution >= 4 is 17.4 Å². The van der Waals surface area contributed by atoms with Crippen LogP contribution in [0.4, 0.5) is 4.39 Å². The predicted molar refractivity (Wildman–Crippen MR) is 75.9 cm³/mol. The Morgan fingerprint density at radius 3 is 2.89 bits per heavy atom. The number of ketones is 1. The molecule has 2 atom stereocenters. The third-order valence-corrected chi connectivity index (χ3v) is 4.40. The van der Waals surface area contributed by atoms with Crippen molar-refractivity contribution in [2.45, 2.75) is 45.4 Å². The average Bonchev–Trinajstić information content (AvgIpc) is 2.37. The molecule has 0 heterocycles. The molecule has 0 amide bonds. The lowest BCUT2D eigenvalue weighted by molar-refractivity contribution is -0.125. The number of halogens is 2. The van der Waals surface area contributed by atoms with E-state index in [1.807, 2.05) is 0 Å². The predicted octanol–water partition coefficient (Wildman–Crippen LogP) is 4.81. The van der Waals surface area contributed by atoms with E-state index in [0.717, 1.165) is 18.4 Å². The third-order valence-electron chi connectivity index (χ3n) is 4.05. The standard InChI is InChI=1S/C16H20ClFO/c1-2-3-11-4-7-16(19)13(8-11)9-12-5-6-14(18)10-15(12)17/h5-6,10-11,13H,2-4,7-9H2,1H3. The molecular weight excluding hydrogens is 263 g/mol. The molecule has 2 rings (SSSR count). The highest BCUT2D eigenvalue weighted by molar-refractivity contribution is 6.31. The highest BCUT2D eigenvalue weighted by Gasteiger charge is 2.28. The molecule has 1 fully saturated rings. The maximum atomic E-state index is 13.0. The SMILES string of the molecule is CCCC1CCC(=O)C(Cc2ccc(F)cc2Cl)C1. The first-order chi connectivity index (χ1) is 9.10. The van der Waals surface area contributed by atoms with Gasteiger partial charge in [-0.25, -0.2) is 4.39 Å². The summed E-state index contributed by atoms with van der Waals surface area (Å²) in [5.41, 5.74) is 0.888. The van der Waals surface area contributed by atoms with Gasteiger partial charge in [-0.3, -0.25) is 4.79 Å². The Hall–Kier alpha value is -0.890. The molecule has 0 N–H and O–H groups in total. The number of rotatable bonds is 4. The van der Waals surface area contributed by atoms with E-state index in [4.69, 9.17) is 11.6 Å². The van der Waals surface area contributed by atoms with Crippen molar-refractivity contribution in [2.75, 3.05) is 0 Å². The zero-order valence-corrected chi connectivity index (χ0v) is 12.0. The van der Waals surface area contributed by atoms with E-state index >= 15 is 0 Å². The first-order valence-electron chi connectivity index (χ1n) is 7.06. The van der Waals surface area contributed by atoms with Gasteiger partial charge in [0.1, 0.15) is 11.6 Å². The van der Waals surface area contributed by atoms with E-state index < -0.39 is 0 Å². The summed E-state index contributed by atoms with van der Waals surface area (Å²) in [6.07, 6.45) is 5.69. The summed E-state index contributed by atoms with van der Waals surface area (Å²) in [5.74, 6) is 0.737. The maximum Gasteiger partial charge on any atom is 0.136 e. The molecule has 1 nitrogen and oxygen atoms in total. The molecule has 0 radical (unpaired) electrons. The van der Waals surface area contributed by atoms with Crippen LogP contribution in [-0.2, 0) is 11.2 Å². The highest BCUT2D eigenvalue weighted by atomic mass is 35.5. The minimum Gasteiger partial charge on any atom is -0.299 e. The Morgan fingerprint density at radius 1 is 1.42 bits per heavy atom. The van der Waals surface area contributed by atoms with Crippen LogP contribution >= 0.6 is 11.6 Å². The molecule has 3 heteroatoms. The van der Waals surface area contributed by atoms with Crippen LogP contribution in [-0.4, -0.2) is 5.78 Å². The van der Waals surface area contributed by atoms with Crippen molar-refractivity contribution in [3.05, 3.63) is 34.6 Å². The highest BCUT2D eigenvalue weighted by Crippen LogP contribution is 2.33. The fraction of sp³-hybridized carbons (Fsp3) is 0.562. The van der Waals surface area contributed by atoms with Crippen molar-refractivity contribution in [1.82, 2.24) is 0 Å². The first kappa shape index (κ1) is 14.5. The molecular formula is C16H20ClFO. The van der Waals surface area contributed by atoms with Crippen LogP contribution < -0.4 is 0 Å². The summed E-state index contributed by atoms with van der Waals surface area (Å²) in [5, 5.41) is 0.436. The molecule has 1 saturated carbocycles. The van der Waals surface area contributed by atoms with Gasteiger partial charge in [0.2, 0.25) is 0 Å².